The van der Waals surface area contributed by atoms with Crippen molar-refractivity contribution >= 4 is 23.0 Å². The highest BCUT2D eigenvalue weighted by Crippen LogP contribution is 2.20. The molecule has 0 aromatic heterocycles. The Labute approximate surface area is 158 Å². The zero-order chi connectivity index (χ0) is 18.2. The third kappa shape index (κ3) is 5.86. The van der Waals surface area contributed by atoms with Crippen LogP contribution in [0.4, 0.5) is 5.69 Å². The van der Waals surface area contributed by atoms with E-state index in [1.165, 1.54) is 23.1 Å². The van der Waals surface area contributed by atoms with Gasteiger partial charge in [-0.15, -0.1) is 0 Å². The molecule has 2 nitrogen and oxygen atoms in total. The van der Waals surface area contributed by atoms with Gasteiger partial charge in [0.1, 0.15) is 0 Å². The van der Waals surface area contributed by atoms with Crippen LogP contribution in [0.2, 0.25) is 0 Å². The first-order valence-corrected chi connectivity index (χ1v) is 9.70. The second-order valence-corrected chi connectivity index (χ2v) is 7.15. The van der Waals surface area contributed by atoms with Crippen molar-refractivity contribution in [3.05, 3.63) is 65.2 Å². The fourth-order valence-corrected chi connectivity index (χ4v) is 3.13. The Hall–Kier alpha value is -1.87. The highest BCUT2D eigenvalue weighted by atomic mass is 32.1. The van der Waals surface area contributed by atoms with E-state index in [4.69, 9.17) is 12.2 Å². The highest BCUT2D eigenvalue weighted by Gasteiger charge is 2.08. The molecule has 134 valence electrons. The molecule has 0 heterocycles. The molecule has 0 spiro atoms. The van der Waals surface area contributed by atoms with Crippen molar-refractivity contribution in [2.45, 2.75) is 58.9 Å². The minimum atomic E-state index is 0.176. The fourth-order valence-electron chi connectivity index (χ4n) is 2.84. The molecule has 2 aromatic carbocycles. The van der Waals surface area contributed by atoms with E-state index >= 15 is 0 Å². The van der Waals surface area contributed by atoms with Gasteiger partial charge in [0.2, 0.25) is 0 Å². The van der Waals surface area contributed by atoms with Crippen LogP contribution in [0.25, 0.3) is 0 Å². The summed E-state index contributed by atoms with van der Waals surface area (Å²) in [5.41, 5.74) is 5.03. The van der Waals surface area contributed by atoms with Gasteiger partial charge in [-0.25, -0.2) is 0 Å². The molecular formula is C22H30N2S. The number of aryl methyl sites for hydroxylation is 1. The lowest BCUT2D eigenvalue weighted by molar-refractivity contribution is 0.721. The Kier molecular flexibility index (Phi) is 7.45. The summed E-state index contributed by atoms with van der Waals surface area (Å²) in [7, 11) is 0. The van der Waals surface area contributed by atoms with Gasteiger partial charge in [0.15, 0.2) is 5.11 Å². The topological polar surface area (TPSA) is 24.1 Å². The first-order chi connectivity index (χ1) is 12.0. The number of rotatable bonds is 7. The van der Waals surface area contributed by atoms with Gasteiger partial charge in [-0.1, -0.05) is 63.6 Å². The van der Waals surface area contributed by atoms with E-state index in [0.29, 0.717) is 11.0 Å². The summed E-state index contributed by atoms with van der Waals surface area (Å²) in [4.78, 5) is 0. The van der Waals surface area contributed by atoms with Crippen LogP contribution in [0.3, 0.4) is 0 Å². The average Bonchev–Trinajstić information content (AvgIpc) is 2.62. The molecule has 0 aliphatic carbocycles. The first-order valence-electron chi connectivity index (χ1n) is 9.29. The summed E-state index contributed by atoms with van der Waals surface area (Å²) in [5, 5.41) is 7.30. The number of anilines is 1. The molecule has 0 aliphatic heterocycles. The fraction of sp³-hybridized carbons (Fsp3) is 0.409. The molecule has 0 saturated carbocycles. The van der Waals surface area contributed by atoms with Gasteiger partial charge in [-0.05, 0) is 66.7 Å². The molecule has 0 fully saturated rings. The summed E-state index contributed by atoms with van der Waals surface area (Å²) in [6, 6.07) is 17.5. The average molecular weight is 355 g/mol. The van der Waals surface area contributed by atoms with Crippen LogP contribution >= 0.6 is 12.2 Å². The maximum absolute atomic E-state index is 5.46. The second kappa shape index (κ2) is 9.57. The number of thiocarbonyl (C=S) groups is 1. The first kappa shape index (κ1) is 19.5. The Bertz CT molecular complexity index is 661. The van der Waals surface area contributed by atoms with E-state index < -0.39 is 0 Å². The second-order valence-electron chi connectivity index (χ2n) is 6.74. The lowest BCUT2D eigenvalue weighted by atomic mass is 9.99. The summed E-state index contributed by atoms with van der Waals surface area (Å²) in [5.74, 6) is 0.592. The van der Waals surface area contributed by atoms with E-state index in [9.17, 15) is 0 Å². The zero-order valence-electron chi connectivity index (χ0n) is 15.8. The maximum Gasteiger partial charge on any atom is 0.171 e. The third-order valence-corrected chi connectivity index (χ3v) is 4.94. The van der Waals surface area contributed by atoms with Gasteiger partial charge in [0.05, 0.1) is 6.04 Å². The number of hydrogen-bond donors (Lipinski definition) is 2. The lowest BCUT2D eigenvalue weighted by Gasteiger charge is -2.18. The summed E-state index contributed by atoms with van der Waals surface area (Å²) in [6.45, 7) is 8.81. The summed E-state index contributed by atoms with van der Waals surface area (Å²) >= 11 is 5.46. The molecule has 0 amide bonds. The zero-order valence-corrected chi connectivity index (χ0v) is 16.6. The Balaban J connectivity index is 1.90. The minimum absolute atomic E-state index is 0.176. The molecule has 2 unspecified atom stereocenters. The van der Waals surface area contributed by atoms with Crippen LogP contribution in [-0.2, 0) is 6.42 Å². The van der Waals surface area contributed by atoms with Crippen molar-refractivity contribution in [2.24, 2.45) is 0 Å². The molecule has 3 heteroatoms. The monoisotopic (exact) mass is 354 g/mol. The van der Waals surface area contributed by atoms with Gasteiger partial charge in [0.25, 0.3) is 0 Å². The predicted octanol–water partition coefficient (Wildman–Crippen LogP) is 6.20. The molecule has 2 rings (SSSR count). The molecule has 2 aromatic rings. The normalized spacial score (nSPS) is 13.1. The van der Waals surface area contributed by atoms with E-state index in [0.717, 1.165) is 18.5 Å². The summed E-state index contributed by atoms with van der Waals surface area (Å²) < 4.78 is 0. The van der Waals surface area contributed by atoms with Crippen LogP contribution in [-0.4, -0.2) is 5.11 Å². The van der Waals surface area contributed by atoms with Crippen molar-refractivity contribution in [3.63, 3.8) is 0 Å². The smallest absolute Gasteiger partial charge is 0.171 e. The number of nitrogens with one attached hydrogen (secondary N) is 2. The minimum Gasteiger partial charge on any atom is -0.356 e. The van der Waals surface area contributed by atoms with E-state index in [2.05, 4.69) is 86.9 Å². The Morgan fingerprint density at radius 3 is 2.08 bits per heavy atom. The summed E-state index contributed by atoms with van der Waals surface area (Å²) in [6.07, 6.45) is 3.47. The third-order valence-electron chi connectivity index (χ3n) is 4.72. The van der Waals surface area contributed by atoms with Crippen LogP contribution < -0.4 is 10.6 Å². The van der Waals surface area contributed by atoms with Crippen LogP contribution in [0.15, 0.2) is 48.5 Å². The van der Waals surface area contributed by atoms with Gasteiger partial charge >= 0.3 is 0 Å². The van der Waals surface area contributed by atoms with Crippen molar-refractivity contribution in [2.75, 3.05) is 5.32 Å². The molecular weight excluding hydrogens is 324 g/mol. The van der Waals surface area contributed by atoms with Crippen molar-refractivity contribution in [1.29, 1.82) is 0 Å². The van der Waals surface area contributed by atoms with Crippen molar-refractivity contribution in [1.82, 2.24) is 5.32 Å². The Morgan fingerprint density at radius 2 is 1.52 bits per heavy atom. The van der Waals surface area contributed by atoms with Crippen LogP contribution in [0.5, 0.6) is 0 Å². The standard InChI is InChI=1S/C22H30N2S/c1-5-7-18-8-10-20(11-9-18)17(4)23-22(25)24-21-14-12-19(13-15-21)16(3)6-2/h8-17H,5-7H2,1-4H3,(H2,23,24,25). The largest absolute Gasteiger partial charge is 0.356 e. The quantitative estimate of drug-likeness (QED) is 0.579. The SMILES string of the molecule is CCCc1ccc(C(C)NC(=S)Nc2ccc(C(C)CC)cc2)cc1. The van der Waals surface area contributed by atoms with Crippen LogP contribution in [0, 0.1) is 0 Å². The van der Waals surface area contributed by atoms with Crippen LogP contribution in [0.1, 0.15) is 69.2 Å². The molecule has 0 bridgehead atoms. The van der Waals surface area contributed by atoms with Gasteiger partial charge < -0.3 is 10.6 Å². The number of hydrogen-bond acceptors (Lipinski definition) is 1. The van der Waals surface area contributed by atoms with Crippen molar-refractivity contribution < 1.29 is 0 Å². The number of benzene rings is 2. The van der Waals surface area contributed by atoms with E-state index in [-0.39, 0.29) is 6.04 Å². The molecule has 25 heavy (non-hydrogen) atoms. The molecule has 0 saturated heterocycles. The molecule has 0 aliphatic rings. The maximum atomic E-state index is 5.46. The van der Waals surface area contributed by atoms with Gasteiger partial charge in [-0.3, -0.25) is 0 Å². The van der Waals surface area contributed by atoms with E-state index in [1.54, 1.807) is 0 Å². The highest BCUT2D eigenvalue weighted by molar-refractivity contribution is 7.80. The van der Waals surface area contributed by atoms with Crippen molar-refractivity contribution in [3.8, 4) is 0 Å². The van der Waals surface area contributed by atoms with Gasteiger partial charge in [0, 0.05) is 5.69 Å². The van der Waals surface area contributed by atoms with E-state index in [1.807, 2.05) is 0 Å². The molecule has 2 atom stereocenters. The Morgan fingerprint density at radius 1 is 0.920 bits per heavy atom. The molecule has 0 radical (unpaired) electrons. The lowest BCUT2D eigenvalue weighted by Crippen LogP contribution is -2.30. The molecule has 2 N–H and O–H groups in total. The van der Waals surface area contributed by atoms with Gasteiger partial charge in [-0.2, -0.15) is 0 Å². The predicted molar refractivity (Wildman–Crippen MR) is 113 cm³/mol.